The average Bonchev–Trinajstić information content (AvgIpc) is 1.44. The van der Waals surface area contributed by atoms with Gasteiger partial charge in [0.05, 0.1) is 34.7 Å². The molecule has 0 amide bonds. The molecule has 1 aromatic carbocycles. The van der Waals surface area contributed by atoms with Gasteiger partial charge in [-0.25, -0.2) is 63.6 Å². The number of para-hydroxylation sites is 2. The lowest BCUT2D eigenvalue weighted by Gasteiger charge is -2.08. The number of allylic oxidation sites excluding steroid dienone is 1. The zero-order valence-corrected chi connectivity index (χ0v) is 56.7. The van der Waals surface area contributed by atoms with Crippen LogP contribution in [0, 0.1) is 6.92 Å². The molecular formula is C66H52F12N20O12. The van der Waals surface area contributed by atoms with E-state index in [4.69, 9.17) is 18.0 Å². The minimum absolute atomic E-state index is 0.00892. The van der Waals surface area contributed by atoms with Crippen molar-refractivity contribution in [3.63, 3.8) is 0 Å². The van der Waals surface area contributed by atoms with Crippen LogP contribution in [0.2, 0.25) is 0 Å². The number of hydrogen-bond donors (Lipinski definition) is 0. The van der Waals surface area contributed by atoms with Crippen LogP contribution in [0.15, 0.2) is 184 Å². The van der Waals surface area contributed by atoms with E-state index in [1.807, 2.05) is 19.1 Å². The minimum atomic E-state index is -4.48. The highest BCUT2D eigenvalue weighted by molar-refractivity contribution is 5.72. The third kappa shape index (κ3) is 23.4. The van der Waals surface area contributed by atoms with E-state index in [-0.39, 0.29) is 48.4 Å². The van der Waals surface area contributed by atoms with Crippen LogP contribution in [0.1, 0.15) is 54.0 Å². The Morgan fingerprint density at radius 2 is 0.800 bits per heavy atom. The molecule has 12 aromatic heterocycles. The molecule has 572 valence electrons. The summed E-state index contributed by atoms with van der Waals surface area (Å²) in [7, 11) is 0. The smallest absolute Gasteiger partial charge is 0.422 e. The van der Waals surface area contributed by atoms with Gasteiger partial charge in [0.2, 0.25) is 5.89 Å². The van der Waals surface area contributed by atoms with Crippen LogP contribution in [-0.2, 0) is 32.6 Å². The summed E-state index contributed by atoms with van der Waals surface area (Å²) in [4.78, 5) is 82.2. The van der Waals surface area contributed by atoms with Crippen LogP contribution in [-0.4, -0.2) is 151 Å². The Morgan fingerprint density at radius 1 is 0.445 bits per heavy atom. The van der Waals surface area contributed by atoms with E-state index in [0.29, 0.717) is 97.0 Å². The molecule has 0 saturated heterocycles. The van der Waals surface area contributed by atoms with Crippen molar-refractivity contribution in [1.29, 1.82) is 0 Å². The third-order valence-corrected chi connectivity index (χ3v) is 14.0. The fraction of sp³-hybridized carbons (Fsp3) is 0.242. The first-order valence-corrected chi connectivity index (χ1v) is 31.5. The number of oxazole rings is 1. The maximum Gasteiger partial charge on any atom is 0.422 e. The number of alkyl halides is 12. The number of rotatable bonds is 22. The first kappa shape index (κ1) is 78.8. The number of ether oxygens (including phenoxy) is 4. The molecule has 0 saturated carbocycles. The maximum atomic E-state index is 12.2. The maximum absolute atomic E-state index is 12.2. The highest BCUT2D eigenvalue weighted by Crippen LogP contribution is 2.25. The van der Waals surface area contributed by atoms with Gasteiger partial charge in [0.15, 0.2) is 49.3 Å². The van der Waals surface area contributed by atoms with Gasteiger partial charge < -0.3 is 36.9 Å². The number of fused-ring (bicyclic) bond motifs is 1. The number of halogens is 12. The lowest BCUT2D eigenvalue weighted by molar-refractivity contribution is -0.155. The fourth-order valence-corrected chi connectivity index (χ4v) is 8.74. The van der Waals surface area contributed by atoms with Crippen molar-refractivity contribution in [1.82, 2.24) is 99.4 Å². The second-order valence-electron chi connectivity index (χ2n) is 22.6. The summed E-state index contributed by atoms with van der Waals surface area (Å²) in [5.74, 6) is 1.69. The average molecular weight is 1550 g/mol. The molecule has 0 fully saturated rings. The predicted molar refractivity (Wildman–Crippen MR) is 353 cm³/mol. The quantitative estimate of drug-likeness (QED) is 0.0569. The summed E-state index contributed by atoms with van der Waals surface area (Å²) >= 11 is 0. The Labute approximate surface area is 606 Å². The molecule has 0 atom stereocenters. The standard InChI is InChI=1S/C18H12F3N5O3.C17H14F3N5O3.C16H14F3N5O3.C15H12F3N5O3/c19-18(20,21)10-28-17-22-7-11(8-23-17)12-5-6-16(27)26(25-12)9-15-24-13-3-1-2-4-14(13)29-15;1-10(2)14-5-12(28-24-14)8-25-15(26)4-3-13(23-25)11-6-21-16(22-7-11)27-9-17(18,19)20;1-2-11-5-12(27-23-11)8-24-14(25)4-3-13(22-24)10-6-20-15(21-7-10)26-9-16(17,18)19;1-9-4-21-26-12(9)7-23-13(24)3-2-11(22-23)10-5-19-14(20-6-10)25-8-15(16,17)18/h1-8H,9-10H2;3-7H,1,8-9H2,2H3;3-7H,2,8-9H2,1H3;2-6H,7-8H2,1H3. The summed E-state index contributed by atoms with van der Waals surface area (Å²) < 4.78 is 189. The predicted octanol–water partition coefficient (Wildman–Crippen LogP) is 9.77. The van der Waals surface area contributed by atoms with Crippen LogP contribution in [0.4, 0.5) is 52.7 Å². The van der Waals surface area contributed by atoms with Gasteiger partial charge in [-0.15, -0.1) is 0 Å². The molecule has 110 heavy (non-hydrogen) atoms. The molecule has 12 heterocycles. The SMILES string of the molecule is C=C(C)c1cc(Cn2nc(-c3cnc(OCC(F)(F)F)nc3)ccc2=O)on1.CCc1cc(Cn2nc(-c3cnc(OCC(F)(F)F)nc3)ccc2=O)on1.Cc1cnoc1Cn1nc(-c2cnc(OCC(F)(F)F)nc2)ccc1=O.O=c1ccc(-c2cnc(OCC(F)(F)F)nc2)nn1Cc1nc2ccccc2o1. The van der Waals surface area contributed by atoms with Crippen molar-refractivity contribution in [2.45, 2.75) is 78.1 Å². The molecule has 13 rings (SSSR count). The third-order valence-electron chi connectivity index (χ3n) is 14.0. The van der Waals surface area contributed by atoms with Crippen LogP contribution in [0.3, 0.4) is 0 Å². The van der Waals surface area contributed by atoms with Crippen molar-refractivity contribution < 1.29 is 89.6 Å². The van der Waals surface area contributed by atoms with Gasteiger partial charge in [0, 0.05) is 114 Å². The molecule has 32 nitrogen and oxygen atoms in total. The largest absolute Gasteiger partial charge is 0.454 e. The van der Waals surface area contributed by atoms with Gasteiger partial charge in [-0.05, 0) is 62.2 Å². The Hall–Kier alpha value is -13.7. The molecule has 0 aliphatic carbocycles. The zero-order chi connectivity index (χ0) is 78.9. The summed E-state index contributed by atoms with van der Waals surface area (Å²) in [5.41, 5.74) is 5.68. The number of aryl methyl sites for hydroxylation is 2. The summed E-state index contributed by atoms with van der Waals surface area (Å²) in [6.45, 7) is 3.54. The van der Waals surface area contributed by atoms with E-state index in [1.165, 1.54) is 114 Å². The molecule has 0 spiro atoms. The minimum Gasteiger partial charge on any atom is -0.454 e. The zero-order valence-electron chi connectivity index (χ0n) is 56.7. The van der Waals surface area contributed by atoms with Gasteiger partial charge in [0.1, 0.15) is 37.4 Å². The van der Waals surface area contributed by atoms with Crippen molar-refractivity contribution in [3.05, 3.63) is 229 Å². The molecule has 0 N–H and O–H groups in total. The van der Waals surface area contributed by atoms with Crippen molar-refractivity contribution in [2.24, 2.45) is 0 Å². The van der Waals surface area contributed by atoms with Gasteiger partial charge in [-0.1, -0.05) is 41.1 Å². The number of nitrogens with zero attached hydrogens (tertiary/aromatic N) is 20. The highest BCUT2D eigenvalue weighted by atomic mass is 19.4. The lowest BCUT2D eigenvalue weighted by Crippen LogP contribution is -2.23. The second kappa shape index (κ2) is 34.7. The highest BCUT2D eigenvalue weighted by Gasteiger charge is 2.32. The molecule has 0 radical (unpaired) electrons. The number of aromatic nitrogens is 20. The van der Waals surface area contributed by atoms with Crippen LogP contribution >= 0.6 is 0 Å². The Kier molecular flexibility index (Phi) is 24.8. The van der Waals surface area contributed by atoms with E-state index < -0.39 is 75.2 Å². The molecule has 0 bridgehead atoms. The first-order valence-electron chi connectivity index (χ1n) is 31.5. The van der Waals surface area contributed by atoms with Gasteiger partial charge in [-0.2, -0.15) is 73.1 Å². The Balaban J connectivity index is 0.000000156. The molecule has 13 aromatic rings. The summed E-state index contributed by atoms with van der Waals surface area (Å²) in [5, 5.41) is 28.1. The Morgan fingerprint density at radius 3 is 1.13 bits per heavy atom. The molecule has 0 aliphatic heterocycles. The van der Waals surface area contributed by atoms with E-state index in [0.717, 1.165) is 20.6 Å². The second-order valence-corrected chi connectivity index (χ2v) is 22.6. The number of hydrogen-bond acceptors (Lipinski definition) is 28. The van der Waals surface area contributed by atoms with Gasteiger partial charge in [-0.3, -0.25) is 19.2 Å². The molecular weight excluding hydrogens is 1490 g/mol. The molecule has 0 unspecified atom stereocenters. The van der Waals surface area contributed by atoms with E-state index in [9.17, 15) is 71.9 Å². The van der Waals surface area contributed by atoms with Gasteiger partial charge in [0.25, 0.3) is 22.2 Å². The van der Waals surface area contributed by atoms with Crippen molar-refractivity contribution >= 4 is 16.7 Å². The summed E-state index contributed by atoms with van der Waals surface area (Å²) in [6, 6.07) is 20.0. The van der Waals surface area contributed by atoms with Crippen LogP contribution in [0.5, 0.6) is 24.0 Å². The van der Waals surface area contributed by atoms with Crippen molar-refractivity contribution in [3.8, 4) is 69.1 Å². The van der Waals surface area contributed by atoms with Crippen molar-refractivity contribution in [2.75, 3.05) is 26.4 Å². The summed E-state index contributed by atoms with van der Waals surface area (Å²) in [6.07, 6.45) is -5.62. The molecule has 0 aliphatic rings. The fourth-order valence-electron chi connectivity index (χ4n) is 8.74. The monoisotopic (exact) mass is 1540 g/mol. The van der Waals surface area contributed by atoms with Crippen LogP contribution in [0.25, 0.3) is 61.7 Å². The first-order chi connectivity index (χ1) is 52.2. The van der Waals surface area contributed by atoms with Crippen LogP contribution < -0.4 is 41.2 Å². The van der Waals surface area contributed by atoms with E-state index in [1.54, 1.807) is 38.1 Å². The normalized spacial score (nSPS) is 11.6. The van der Waals surface area contributed by atoms with E-state index >= 15 is 0 Å². The lowest BCUT2D eigenvalue weighted by atomic mass is 10.2. The van der Waals surface area contributed by atoms with E-state index in [2.05, 4.69) is 106 Å². The van der Waals surface area contributed by atoms with Gasteiger partial charge >= 0.3 is 48.7 Å². The number of benzene rings is 1. The topological polar surface area (TPSA) is 384 Å². The Bertz CT molecular complexity index is 5480. The molecule has 44 heteroatoms.